The van der Waals surface area contributed by atoms with Crippen molar-refractivity contribution in [3.63, 3.8) is 0 Å². The van der Waals surface area contributed by atoms with E-state index in [1.54, 1.807) is 22.2 Å². The number of anilines is 1. The minimum absolute atomic E-state index is 0. The Bertz CT molecular complexity index is 959. The molecule has 3 rings (SSSR count). The van der Waals surface area contributed by atoms with Gasteiger partial charge in [0.1, 0.15) is 5.69 Å². The molecule has 1 aromatic carbocycles. The van der Waals surface area contributed by atoms with Gasteiger partial charge in [0.15, 0.2) is 5.13 Å². The lowest BCUT2D eigenvalue weighted by atomic mass is 10.1. The third-order valence-electron chi connectivity index (χ3n) is 4.86. The van der Waals surface area contributed by atoms with Gasteiger partial charge in [-0.3, -0.25) is 14.4 Å². The molecule has 0 aliphatic carbocycles. The van der Waals surface area contributed by atoms with E-state index in [-0.39, 0.29) is 18.3 Å². The van der Waals surface area contributed by atoms with E-state index in [0.29, 0.717) is 12.2 Å². The molecule has 152 valence electrons. The molecule has 1 amide bonds. The van der Waals surface area contributed by atoms with Crippen LogP contribution < -0.4 is 4.90 Å². The molecule has 2 heterocycles. The molecule has 0 saturated carbocycles. The first-order valence-corrected chi connectivity index (χ1v) is 9.93. The fourth-order valence-corrected chi connectivity index (χ4v) is 4.19. The summed E-state index contributed by atoms with van der Waals surface area (Å²) in [5.41, 5.74) is 4.88. The Balaban J connectivity index is 0.00000280. The predicted molar refractivity (Wildman–Crippen MR) is 119 cm³/mol. The van der Waals surface area contributed by atoms with Crippen LogP contribution in [-0.2, 0) is 7.05 Å². The van der Waals surface area contributed by atoms with Gasteiger partial charge in [-0.1, -0.05) is 17.4 Å². The molecule has 0 fully saturated rings. The summed E-state index contributed by atoms with van der Waals surface area (Å²) in [5, 5.41) is 4.99. The molecule has 0 spiro atoms. The second kappa shape index (κ2) is 9.03. The number of benzene rings is 1. The summed E-state index contributed by atoms with van der Waals surface area (Å²) in [7, 11) is 5.90. The quantitative estimate of drug-likeness (QED) is 0.604. The lowest BCUT2D eigenvalue weighted by Gasteiger charge is -2.21. The van der Waals surface area contributed by atoms with Gasteiger partial charge in [0, 0.05) is 13.6 Å². The molecular weight excluding hydrogens is 394 g/mol. The van der Waals surface area contributed by atoms with Crippen molar-refractivity contribution in [3.05, 3.63) is 40.7 Å². The van der Waals surface area contributed by atoms with Crippen LogP contribution in [0, 0.1) is 20.8 Å². The maximum atomic E-state index is 13.4. The lowest BCUT2D eigenvalue weighted by Crippen LogP contribution is -2.35. The monoisotopic (exact) mass is 421 g/mol. The Morgan fingerprint density at radius 1 is 1.14 bits per heavy atom. The molecule has 28 heavy (non-hydrogen) atoms. The van der Waals surface area contributed by atoms with E-state index in [4.69, 9.17) is 4.98 Å². The SMILES string of the molecule is Cc1ccc2sc(N(CCCN(C)C)C(=O)c3c(C)cnn3C)nc2c1C.Cl. The fraction of sp³-hybridized carbons (Fsp3) is 0.450. The van der Waals surface area contributed by atoms with Crippen LogP contribution in [-0.4, -0.2) is 52.8 Å². The standard InChI is InChI=1S/C20H27N5OS.ClH/c1-13-8-9-16-17(15(13)3)22-20(27-16)25(11-7-10-23(4)5)19(26)18-14(2)12-21-24(18)6;/h8-9,12H,7,10-11H2,1-6H3;1H. The van der Waals surface area contributed by atoms with Gasteiger partial charge in [0.05, 0.1) is 16.4 Å². The Kier molecular flexibility index (Phi) is 7.20. The zero-order valence-corrected chi connectivity index (χ0v) is 18.9. The van der Waals surface area contributed by atoms with Crippen LogP contribution >= 0.6 is 23.7 Å². The van der Waals surface area contributed by atoms with Crippen molar-refractivity contribution in [2.45, 2.75) is 27.2 Å². The number of aryl methyl sites for hydroxylation is 4. The minimum atomic E-state index is -0.0420. The van der Waals surface area contributed by atoms with Crippen molar-refractivity contribution in [1.82, 2.24) is 19.7 Å². The molecule has 0 unspecified atom stereocenters. The van der Waals surface area contributed by atoms with Crippen LogP contribution in [0.2, 0.25) is 0 Å². The smallest absolute Gasteiger partial charge is 0.278 e. The van der Waals surface area contributed by atoms with Crippen LogP contribution in [0.15, 0.2) is 18.3 Å². The third kappa shape index (κ3) is 4.37. The molecule has 0 saturated heterocycles. The summed E-state index contributed by atoms with van der Waals surface area (Å²) < 4.78 is 2.76. The van der Waals surface area contributed by atoms with Crippen LogP contribution in [0.1, 0.15) is 33.6 Å². The molecular formula is C20H28ClN5OS. The van der Waals surface area contributed by atoms with Crippen molar-refractivity contribution >= 4 is 45.0 Å². The number of rotatable bonds is 6. The van der Waals surface area contributed by atoms with Gasteiger partial charge in [-0.15, -0.1) is 12.4 Å². The number of thiazole rings is 1. The summed E-state index contributed by atoms with van der Waals surface area (Å²) in [4.78, 5) is 22.2. The average molecular weight is 422 g/mol. The summed E-state index contributed by atoms with van der Waals surface area (Å²) in [6.45, 7) is 7.64. The Hall–Kier alpha value is -1.96. The van der Waals surface area contributed by atoms with Gasteiger partial charge in [0.25, 0.3) is 5.91 Å². The van der Waals surface area contributed by atoms with Gasteiger partial charge >= 0.3 is 0 Å². The lowest BCUT2D eigenvalue weighted by molar-refractivity contribution is 0.0976. The van der Waals surface area contributed by atoms with Crippen molar-refractivity contribution in [1.29, 1.82) is 0 Å². The number of halogens is 1. The maximum absolute atomic E-state index is 13.4. The molecule has 0 aliphatic rings. The zero-order valence-electron chi connectivity index (χ0n) is 17.3. The molecule has 0 N–H and O–H groups in total. The van der Waals surface area contributed by atoms with Crippen molar-refractivity contribution in [2.24, 2.45) is 7.05 Å². The fourth-order valence-electron chi connectivity index (χ4n) is 3.14. The summed E-state index contributed by atoms with van der Waals surface area (Å²) in [6.07, 6.45) is 2.61. The van der Waals surface area contributed by atoms with Gasteiger partial charge in [-0.25, -0.2) is 4.98 Å². The van der Waals surface area contributed by atoms with E-state index in [0.717, 1.165) is 33.9 Å². The number of hydrogen-bond acceptors (Lipinski definition) is 5. The molecule has 0 radical (unpaired) electrons. The van der Waals surface area contributed by atoms with E-state index >= 15 is 0 Å². The number of fused-ring (bicyclic) bond motifs is 1. The summed E-state index contributed by atoms with van der Waals surface area (Å²) in [5.74, 6) is -0.0420. The zero-order chi connectivity index (χ0) is 19.7. The van der Waals surface area contributed by atoms with Gasteiger partial charge in [0.2, 0.25) is 0 Å². The number of nitrogens with zero attached hydrogens (tertiary/aromatic N) is 5. The highest BCUT2D eigenvalue weighted by Gasteiger charge is 2.25. The van der Waals surface area contributed by atoms with E-state index in [1.165, 1.54) is 11.1 Å². The van der Waals surface area contributed by atoms with Gasteiger partial charge < -0.3 is 4.90 Å². The Morgan fingerprint density at radius 2 is 1.86 bits per heavy atom. The summed E-state index contributed by atoms with van der Waals surface area (Å²) in [6, 6.07) is 4.21. The maximum Gasteiger partial charge on any atom is 0.278 e. The number of hydrogen-bond donors (Lipinski definition) is 0. The van der Waals surface area contributed by atoms with E-state index in [2.05, 4.69) is 36.0 Å². The van der Waals surface area contributed by atoms with Crippen LogP contribution in [0.5, 0.6) is 0 Å². The van der Waals surface area contributed by atoms with Crippen molar-refractivity contribution < 1.29 is 4.79 Å². The van der Waals surface area contributed by atoms with Gasteiger partial charge in [-0.05, 0) is 70.6 Å². The molecule has 8 heteroatoms. The largest absolute Gasteiger partial charge is 0.309 e. The molecule has 3 aromatic rings. The van der Waals surface area contributed by atoms with Gasteiger partial charge in [-0.2, -0.15) is 5.10 Å². The highest BCUT2D eigenvalue weighted by atomic mass is 35.5. The van der Waals surface area contributed by atoms with E-state index in [1.807, 2.05) is 33.0 Å². The molecule has 6 nitrogen and oxygen atoms in total. The first-order chi connectivity index (χ1) is 12.8. The second-order valence-electron chi connectivity index (χ2n) is 7.26. The summed E-state index contributed by atoms with van der Waals surface area (Å²) >= 11 is 1.58. The number of aromatic nitrogens is 3. The molecule has 2 aromatic heterocycles. The molecule has 0 atom stereocenters. The number of amides is 1. The normalized spacial score (nSPS) is 11.1. The van der Waals surface area contributed by atoms with Crippen LogP contribution in [0.25, 0.3) is 10.2 Å². The highest BCUT2D eigenvalue weighted by Crippen LogP contribution is 2.33. The van der Waals surface area contributed by atoms with Crippen LogP contribution in [0.4, 0.5) is 5.13 Å². The topological polar surface area (TPSA) is 54.3 Å². The number of carbonyl (C=O) groups excluding carboxylic acids is 1. The average Bonchev–Trinajstić information content (AvgIpc) is 3.18. The second-order valence-corrected chi connectivity index (χ2v) is 8.27. The predicted octanol–water partition coefficient (Wildman–Crippen LogP) is 3.98. The minimum Gasteiger partial charge on any atom is -0.309 e. The molecule has 0 bridgehead atoms. The third-order valence-corrected chi connectivity index (χ3v) is 5.90. The first kappa shape index (κ1) is 22.3. The molecule has 0 aliphatic heterocycles. The van der Waals surface area contributed by atoms with Crippen molar-refractivity contribution in [3.8, 4) is 0 Å². The van der Waals surface area contributed by atoms with Crippen LogP contribution in [0.3, 0.4) is 0 Å². The Labute approximate surface area is 176 Å². The van der Waals surface area contributed by atoms with E-state index in [9.17, 15) is 4.79 Å². The number of carbonyl (C=O) groups is 1. The first-order valence-electron chi connectivity index (χ1n) is 9.11. The highest BCUT2D eigenvalue weighted by molar-refractivity contribution is 7.22. The van der Waals surface area contributed by atoms with Crippen molar-refractivity contribution in [2.75, 3.05) is 32.1 Å². The van der Waals surface area contributed by atoms with E-state index < -0.39 is 0 Å². The Morgan fingerprint density at radius 3 is 2.46 bits per heavy atom.